The third kappa shape index (κ3) is 6.77. The van der Waals surface area contributed by atoms with Crippen molar-refractivity contribution in [3.63, 3.8) is 0 Å². The number of rotatable bonds is 10. The van der Waals surface area contributed by atoms with Crippen LogP contribution in [0.5, 0.6) is 11.5 Å². The van der Waals surface area contributed by atoms with E-state index in [1.165, 1.54) is 0 Å². The zero-order valence-electron chi connectivity index (χ0n) is 18.4. The number of likely N-dealkylation sites (N-methyl/N-ethyl adjacent to an activating group) is 1. The normalized spacial score (nSPS) is 10.6. The number of ether oxygens (including phenoxy) is 2. The van der Waals surface area contributed by atoms with Gasteiger partial charge >= 0.3 is 0 Å². The molecule has 2 amide bonds. The molecule has 0 fully saturated rings. The predicted molar refractivity (Wildman–Crippen MR) is 119 cm³/mol. The molecule has 0 spiro atoms. The van der Waals surface area contributed by atoms with Crippen molar-refractivity contribution in [3.05, 3.63) is 47.5 Å². The van der Waals surface area contributed by atoms with E-state index in [1.54, 1.807) is 30.1 Å². The number of nitrogens with one attached hydrogen (secondary N) is 2. The minimum atomic E-state index is -0.219. The third-order valence-electron chi connectivity index (χ3n) is 4.40. The van der Waals surface area contributed by atoms with Gasteiger partial charge in [-0.3, -0.25) is 14.5 Å². The first-order valence-electron chi connectivity index (χ1n) is 10.1. The zero-order chi connectivity index (χ0) is 22.1. The second-order valence-electron chi connectivity index (χ2n) is 7.06. The molecule has 0 radical (unpaired) electrons. The number of amides is 2. The smallest absolute Gasteiger partial charge is 0.238 e. The summed E-state index contributed by atoms with van der Waals surface area (Å²) in [5, 5.41) is 5.76. The average Bonchev–Trinajstić information content (AvgIpc) is 2.67. The molecule has 0 aliphatic carbocycles. The molecule has 0 aromatic heterocycles. The van der Waals surface area contributed by atoms with Crippen LogP contribution in [0.25, 0.3) is 0 Å². The van der Waals surface area contributed by atoms with Crippen LogP contribution in [0, 0.1) is 13.8 Å². The fourth-order valence-corrected chi connectivity index (χ4v) is 3.07. The number of hydrogen-bond acceptors (Lipinski definition) is 5. The topological polar surface area (TPSA) is 79.9 Å². The highest BCUT2D eigenvalue weighted by molar-refractivity contribution is 5.95. The Morgan fingerprint density at radius 1 is 0.867 bits per heavy atom. The average molecular weight is 414 g/mol. The molecule has 2 N–H and O–H groups in total. The minimum absolute atomic E-state index is 0.0807. The van der Waals surface area contributed by atoms with Crippen LogP contribution in [0.15, 0.2) is 36.4 Å². The number of nitrogens with zero attached hydrogens (tertiary/aromatic N) is 1. The summed E-state index contributed by atoms with van der Waals surface area (Å²) < 4.78 is 11.1. The van der Waals surface area contributed by atoms with Crippen molar-refractivity contribution in [1.82, 2.24) is 4.90 Å². The Hall–Kier alpha value is -3.06. The van der Waals surface area contributed by atoms with E-state index in [1.807, 2.05) is 45.9 Å². The van der Waals surface area contributed by atoms with Gasteiger partial charge in [0, 0.05) is 17.4 Å². The lowest BCUT2D eigenvalue weighted by atomic mass is 10.1. The van der Waals surface area contributed by atoms with Gasteiger partial charge in [-0.15, -0.1) is 0 Å². The van der Waals surface area contributed by atoms with E-state index < -0.39 is 0 Å². The summed E-state index contributed by atoms with van der Waals surface area (Å²) >= 11 is 0. The standard InChI is InChI=1S/C23H31N3O4/c1-6-29-19-12-11-18(13-20(19)30-7-2)24-21(27)14-26(5)15-22(28)25-23-16(3)9-8-10-17(23)4/h8-13H,6-7,14-15H2,1-5H3,(H,24,27)(H,25,28). The van der Waals surface area contributed by atoms with Crippen molar-refractivity contribution in [2.45, 2.75) is 27.7 Å². The number of benzene rings is 2. The predicted octanol–water partition coefficient (Wildman–Crippen LogP) is 3.61. The fraction of sp³-hybridized carbons (Fsp3) is 0.391. The Bertz CT molecular complexity index is 862. The second-order valence-corrected chi connectivity index (χ2v) is 7.06. The Morgan fingerprint density at radius 2 is 1.43 bits per heavy atom. The van der Waals surface area contributed by atoms with Crippen molar-refractivity contribution in [3.8, 4) is 11.5 Å². The quantitative estimate of drug-likeness (QED) is 0.622. The molecule has 2 rings (SSSR count). The van der Waals surface area contributed by atoms with Crippen molar-refractivity contribution in [1.29, 1.82) is 0 Å². The highest BCUT2D eigenvalue weighted by Gasteiger charge is 2.14. The molecule has 0 bridgehead atoms. The molecule has 2 aromatic carbocycles. The largest absolute Gasteiger partial charge is 0.490 e. The maximum Gasteiger partial charge on any atom is 0.238 e. The number of carbonyl (C=O) groups is 2. The Morgan fingerprint density at radius 3 is 2.03 bits per heavy atom. The van der Waals surface area contributed by atoms with Crippen molar-refractivity contribution in [2.24, 2.45) is 0 Å². The summed E-state index contributed by atoms with van der Waals surface area (Å²) in [5.74, 6) is 0.836. The highest BCUT2D eigenvalue weighted by Crippen LogP contribution is 2.30. The van der Waals surface area contributed by atoms with Crippen LogP contribution >= 0.6 is 0 Å². The van der Waals surface area contributed by atoms with E-state index in [9.17, 15) is 9.59 Å². The molecule has 0 aliphatic heterocycles. The van der Waals surface area contributed by atoms with Gasteiger partial charge < -0.3 is 20.1 Å². The van der Waals surface area contributed by atoms with Crippen LogP contribution in [-0.2, 0) is 9.59 Å². The molecule has 162 valence electrons. The summed E-state index contributed by atoms with van der Waals surface area (Å²) in [6, 6.07) is 11.1. The Kier molecular flexibility index (Phi) is 8.68. The summed E-state index contributed by atoms with van der Waals surface area (Å²) in [6.07, 6.45) is 0. The SMILES string of the molecule is CCOc1ccc(NC(=O)CN(C)CC(=O)Nc2c(C)cccc2C)cc1OCC. The van der Waals surface area contributed by atoms with Crippen LogP contribution in [-0.4, -0.2) is 50.1 Å². The zero-order valence-corrected chi connectivity index (χ0v) is 18.4. The van der Waals surface area contributed by atoms with Gasteiger partial charge in [0.15, 0.2) is 11.5 Å². The first-order chi connectivity index (χ1) is 14.3. The van der Waals surface area contributed by atoms with Crippen LogP contribution in [0.2, 0.25) is 0 Å². The molecule has 2 aromatic rings. The van der Waals surface area contributed by atoms with E-state index in [2.05, 4.69) is 10.6 Å². The molecule has 0 unspecified atom stereocenters. The molecule has 7 heteroatoms. The molecular formula is C23H31N3O4. The van der Waals surface area contributed by atoms with Crippen molar-refractivity contribution >= 4 is 23.2 Å². The second kappa shape index (κ2) is 11.2. The fourth-order valence-electron chi connectivity index (χ4n) is 3.07. The van der Waals surface area contributed by atoms with Gasteiger partial charge in [-0.25, -0.2) is 0 Å². The molecular weight excluding hydrogens is 382 g/mol. The molecule has 0 saturated carbocycles. The number of anilines is 2. The third-order valence-corrected chi connectivity index (χ3v) is 4.40. The summed E-state index contributed by atoms with van der Waals surface area (Å²) in [7, 11) is 1.73. The van der Waals surface area contributed by atoms with E-state index in [0.717, 1.165) is 16.8 Å². The van der Waals surface area contributed by atoms with Crippen molar-refractivity contribution in [2.75, 3.05) is 44.0 Å². The number of hydrogen-bond donors (Lipinski definition) is 2. The molecule has 0 heterocycles. The van der Waals surface area contributed by atoms with Gasteiger partial charge in [-0.2, -0.15) is 0 Å². The summed E-state index contributed by atoms with van der Waals surface area (Å²) in [5.41, 5.74) is 3.44. The maximum atomic E-state index is 12.4. The van der Waals surface area contributed by atoms with Crippen LogP contribution in [0.3, 0.4) is 0 Å². The number of para-hydroxylation sites is 1. The van der Waals surface area contributed by atoms with E-state index in [-0.39, 0.29) is 24.9 Å². The number of carbonyl (C=O) groups excluding carboxylic acids is 2. The molecule has 0 aliphatic rings. The van der Waals surface area contributed by atoms with Crippen LogP contribution in [0.4, 0.5) is 11.4 Å². The first-order valence-corrected chi connectivity index (χ1v) is 10.1. The molecule has 7 nitrogen and oxygen atoms in total. The van der Waals surface area contributed by atoms with Crippen molar-refractivity contribution < 1.29 is 19.1 Å². The summed E-state index contributed by atoms with van der Waals surface area (Å²) in [4.78, 5) is 26.4. The highest BCUT2D eigenvalue weighted by atomic mass is 16.5. The van der Waals surface area contributed by atoms with E-state index in [0.29, 0.717) is 30.4 Å². The van der Waals surface area contributed by atoms with Gasteiger partial charge in [-0.05, 0) is 58.0 Å². The molecule has 0 saturated heterocycles. The lowest BCUT2D eigenvalue weighted by Gasteiger charge is -2.18. The van der Waals surface area contributed by atoms with Gasteiger partial charge in [0.05, 0.1) is 26.3 Å². The number of aryl methyl sites for hydroxylation is 2. The van der Waals surface area contributed by atoms with Gasteiger partial charge in [-0.1, -0.05) is 18.2 Å². The van der Waals surface area contributed by atoms with Gasteiger partial charge in [0.1, 0.15) is 0 Å². The Balaban J connectivity index is 1.91. The van der Waals surface area contributed by atoms with Crippen LogP contribution < -0.4 is 20.1 Å². The molecule has 0 atom stereocenters. The molecule has 30 heavy (non-hydrogen) atoms. The first kappa shape index (κ1) is 23.2. The minimum Gasteiger partial charge on any atom is -0.490 e. The lowest BCUT2D eigenvalue weighted by molar-refractivity contribution is -0.119. The van der Waals surface area contributed by atoms with E-state index in [4.69, 9.17) is 9.47 Å². The van der Waals surface area contributed by atoms with Gasteiger partial charge in [0.2, 0.25) is 11.8 Å². The van der Waals surface area contributed by atoms with Gasteiger partial charge in [0.25, 0.3) is 0 Å². The maximum absolute atomic E-state index is 12.4. The lowest BCUT2D eigenvalue weighted by Crippen LogP contribution is -2.36. The van der Waals surface area contributed by atoms with E-state index >= 15 is 0 Å². The Labute approximate surface area is 178 Å². The van der Waals surface area contributed by atoms with Crippen LogP contribution in [0.1, 0.15) is 25.0 Å². The summed E-state index contributed by atoms with van der Waals surface area (Å²) in [6.45, 7) is 8.90. The monoisotopic (exact) mass is 413 g/mol.